The number of aryl methyl sites for hydroxylation is 2. The van der Waals surface area contributed by atoms with Crippen LogP contribution in [0.15, 0.2) is 35.4 Å². The van der Waals surface area contributed by atoms with Crippen molar-refractivity contribution in [1.29, 1.82) is 0 Å². The van der Waals surface area contributed by atoms with Gasteiger partial charge in [-0.3, -0.25) is 14.2 Å². The van der Waals surface area contributed by atoms with Crippen LogP contribution in [0, 0.1) is 13.8 Å². The van der Waals surface area contributed by atoms with Crippen LogP contribution in [0.1, 0.15) is 20.8 Å². The van der Waals surface area contributed by atoms with Crippen LogP contribution < -0.4 is 10.9 Å². The molecule has 0 unspecified atom stereocenters. The summed E-state index contributed by atoms with van der Waals surface area (Å²) in [4.78, 5) is 42.5. The molecule has 0 aliphatic carbocycles. The van der Waals surface area contributed by atoms with Crippen molar-refractivity contribution < 1.29 is 19.1 Å². The number of nitrogens with one attached hydrogen (secondary N) is 1. The summed E-state index contributed by atoms with van der Waals surface area (Å²) in [5.41, 5.74) is 1.80. The monoisotopic (exact) mass is 415 g/mol. The highest BCUT2D eigenvalue weighted by molar-refractivity contribution is 7.20. The minimum Gasteiger partial charge on any atom is -0.459 e. The predicted octanol–water partition coefficient (Wildman–Crippen LogP) is 2.52. The maximum Gasteiger partial charge on any atom is 0.348 e. The number of ether oxygens (including phenoxy) is 2. The molecule has 2 aromatic heterocycles. The normalized spacial score (nSPS) is 10.9. The topological polar surface area (TPSA) is 99.5 Å². The number of thiophene rings is 1. The summed E-state index contributed by atoms with van der Waals surface area (Å²) in [6.45, 7) is 3.83. The molecule has 0 bridgehead atoms. The largest absolute Gasteiger partial charge is 0.459 e. The number of carbonyl (C=O) groups excluding carboxylic acids is 2. The summed E-state index contributed by atoms with van der Waals surface area (Å²) in [6, 6.07) is 7.38. The van der Waals surface area contributed by atoms with Crippen molar-refractivity contribution in [2.45, 2.75) is 20.4 Å². The lowest BCUT2D eigenvalue weighted by atomic mass is 10.2. The zero-order valence-corrected chi connectivity index (χ0v) is 17.2. The highest BCUT2D eigenvalue weighted by Crippen LogP contribution is 2.27. The first-order valence-corrected chi connectivity index (χ1v) is 9.73. The van der Waals surface area contributed by atoms with Crippen molar-refractivity contribution in [3.63, 3.8) is 0 Å². The van der Waals surface area contributed by atoms with Gasteiger partial charge in [0, 0.05) is 12.8 Å². The third-order valence-electron chi connectivity index (χ3n) is 4.24. The van der Waals surface area contributed by atoms with Crippen molar-refractivity contribution in [2.24, 2.45) is 0 Å². The number of nitrogens with zero attached hydrogens (tertiary/aromatic N) is 2. The molecule has 0 fully saturated rings. The fourth-order valence-electron chi connectivity index (χ4n) is 2.83. The number of fused-ring (bicyclic) bond motifs is 1. The first-order chi connectivity index (χ1) is 13.9. The van der Waals surface area contributed by atoms with Gasteiger partial charge in [-0.2, -0.15) is 0 Å². The maximum atomic E-state index is 12.9. The molecule has 1 N–H and O–H groups in total. The van der Waals surface area contributed by atoms with Crippen LogP contribution in [0.4, 0.5) is 5.69 Å². The first kappa shape index (κ1) is 20.7. The molecule has 3 rings (SSSR count). The molecule has 29 heavy (non-hydrogen) atoms. The van der Waals surface area contributed by atoms with Crippen LogP contribution in [-0.2, 0) is 20.8 Å². The van der Waals surface area contributed by atoms with Crippen LogP contribution in [0.2, 0.25) is 0 Å². The van der Waals surface area contributed by atoms with Gasteiger partial charge in [-0.05, 0) is 37.1 Å². The fourth-order valence-corrected chi connectivity index (χ4v) is 3.86. The number of rotatable bonds is 7. The summed E-state index contributed by atoms with van der Waals surface area (Å²) in [5, 5.41) is 3.08. The molecule has 2 heterocycles. The highest BCUT2D eigenvalue weighted by atomic mass is 32.1. The number of methoxy groups -OCH3 is 1. The maximum absolute atomic E-state index is 12.9. The van der Waals surface area contributed by atoms with Gasteiger partial charge in [-0.1, -0.05) is 12.1 Å². The van der Waals surface area contributed by atoms with E-state index in [1.807, 2.05) is 25.1 Å². The summed E-state index contributed by atoms with van der Waals surface area (Å²) in [6.07, 6.45) is 1.32. The number of hydrogen-bond acceptors (Lipinski definition) is 7. The Bertz CT molecular complexity index is 1120. The Morgan fingerprint density at radius 2 is 2.03 bits per heavy atom. The zero-order chi connectivity index (χ0) is 21.0. The van der Waals surface area contributed by atoms with Crippen molar-refractivity contribution in [3.05, 3.63) is 57.0 Å². The lowest BCUT2D eigenvalue weighted by molar-refractivity contribution is -0.116. The lowest BCUT2D eigenvalue weighted by Gasteiger charge is -2.08. The number of aromatic nitrogens is 2. The number of esters is 1. The zero-order valence-electron chi connectivity index (χ0n) is 16.4. The fraction of sp³-hybridized carbons (Fsp3) is 0.300. The van der Waals surface area contributed by atoms with Crippen LogP contribution in [0.5, 0.6) is 0 Å². The smallest absolute Gasteiger partial charge is 0.348 e. The Morgan fingerprint density at radius 1 is 1.24 bits per heavy atom. The minimum absolute atomic E-state index is 0.125. The van der Waals surface area contributed by atoms with E-state index in [2.05, 4.69) is 10.3 Å². The van der Waals surface area contributed by atoms with Crippen molar-refractivity contribution in [1.82, 2.24) is 9.55 Å². The number of benzene rings is 1. The summed E-state index contributed by atoms with van der Waals surface area (Å²) in [7, 11) is 1.51. The molecule has 0 atom stereocenters. The summed E-state index contributed by atoms with van der Waals surface area (Å²) in [5.74, 6) is -0.864. The summed E-state index contributed by atoms with van der Waals surface area (Å²) >= 11 is 1.10. The molecule has 0 saturated carbocycles. The number of carbonyl (C=O) groups is 2. The van der Waals surface area contributed by atoms with Crippen LogP contribution in [0.25, 0.3) is 10.2 Å². The Morgan fingerprint density at radius 3 is 2.76 bits per heavy atom. The van der Waals surface area contributed by atoms with Crippen LogP contribution in [0.3, 0.4) is 0 Å². The molecule has 1 amide bonds. The van der Waals surface area contributed by atoms with Gasteiger partial charge in [0.2, 0.25) is 5.91 Å². The van der Waals surface area contributed by atoms with Crippen molar-refractivity contribution in [3.8, 4) is 0 Å². The highest BCUT2D eigenvalue weighted by Gasteiger charge is 2.21. The first-order valence-electron chi connectivity index (χ1n) is 8.92. The van der Waals surface area contributed by atoms with E-state index in [-0.39, 0.29) is 31.2 Å². The SMILES string of the molecule is COCCOC(=O)c1sc2ncn(CC(=O)Nc3cccc(C)c3)c(=O)c2c1C. The third-order valence-corrected chi connectivity index (χ3v) is 5.42. The lowest BCUT2D eigenvalue weighted by Crippen LogP contribution is -2.27. The van der Waals surface area contributed by atoms with E-state index in [1.165, 1.54) is 18.0 Å². The van der Waals surface area contributed by atoms with E-state index in [0.717, 1.165) is 16.9 Å². The van der Waals surface area contributed by atoms with Gasteiger partial charge in [0.15, 0.2) is 0 Å². The van der Waals surface area contributed by atoms with Gasteiger partial charge in [0.1, 0.15) is 22.9 Å². The van der Waals surface area contributed by atoms with Gasteiger partial charge < -0.3 is 14.8 Å². The standard InChI is InChI=1S/C20H21N3O5S/c1-12-5-4-6-14(9-12)22-15(24)10-23-11-21-18-16(19(23)25)13(2)17(29-18)20(26)28-8-7-27-3/h4-6,9,11H,7-8,10H2,1-3H3,(H,22,24). The number of hydrogen-bond donors (Lipinski definition) is 1. The molecule has 0 spiro atoms. The van der Waals surface area contributed by atoms with E-state index in [0.29, 0.717) is 26.3 Å². The Hall–Kier alpha value is -3.04. The quantitative estimate of drug-likeness (QED) is 0.470. The molecular weight excluding hydrogens is 394 g/mol. The molecule has 0 aliphatic rings. The second kappa shape index (κ2) is 8.97. The second-order valence-electron chi connectivity index (χ2n) is 6.46. The Kier molecular flexibility index (Phi) is 6.40. The molecule has 152 valence electrons. The molecule has 3 aromatic rings. The molecular formula is C20H21N3O5S. The molecule has 8 nitrogen and oxygen atoms in total. The van der Waals surface area contributed by atoms with Crippen LogP contribution >= 0.6 is 11.3 Å². The third kappa shape index (κ3) is 4.69. The van der Waals surface area contributed by atoms with E-state index >= 15 is 0 Å². The van der Waals surface area contributed by atoms with Crippen molar-refractivity contribution >= 4 is 39.1 Å². The van der Waals surface area contributed by atoms with Gasteiger partial charge in [-0.15, -0.1) is 11.3 Å². The Labute approximate surface area is 171 Å². The predicted molar refractivity (Wildman–Crippen MR) is 111 cm³/mol. The molecule has 0 saturated heterocycles. The number of anilines is 1. The minimum atomic E-state index is -0.523. The number of amides is 1. The average Bonchev–Trinajstić information content (AvgIpc) is 3.01. The van der Waals surface area contributed by atoms with Gasteiger partial charge in [0.25, 0.3) is 5.56 Å². The molecule has 1 aromatic carbocycles. The van der Waals surface area contributed by atoms with Crippen LogP contribution in [-0.4, -0.2) is 41.8 Å². The van der Waals surface area contributed by atoms with E-state index in [9.17, 15) is 14.4 Å². The van der Waals surface area contributed by atoms with E-state index in [4.69, 9.17) is 9.47 Å². The van der Waals surface area contributed by atoms with Gasteiger partial charge >= 0.3 is 5.97 Å². The van der Waals surface area contributed by atoms with E-state index in [1.54, 1.807) is 13.0 Å². The van der Waals surface area contributed by atoms with E-state index < -0.39 is 5.97 Å². The molecule has 0 radical (unpaired) electrons. The average molecular weight is 415 g/mol. The van der Waals surface area contributed by atoms with Gasteiger partial charge in [-0.25, -0.2) is 9.78 Å². The van der Waals surface area contributed by atoms with Gasteiger partial charge in [0.05, 0.1) is 18.3 Å². The van der Waals surface area contributed by atoms with Crippen molar-refractivity contribution in [2.75, 3.05) is 25.6 Å². The Balaban J connectivity index is 1.82. The summed E-state index contributed by atoms with van der Waals surface area (Å²) < 4.78 is 11.2. The molecule has 0 aliphatic heterocycles. The second-order valence-corrected chi connectivity index (χ2v) is 7.46. The molecule has 9 heteroatoms.